The number of fused-ring (bicyclic) bond motifs is 1. The van der Waals surface area contributed by atoms with E-state index in [-0.39, 0.29) is 6.54 Å². The number of imide groups is 1. The van der Waals surface area contributed by atoms with Gasteiger partial charge < -0.3 is 5.11 Å². The molecule has 7 nitrogen and oxygen atoms in total. The van der Waals surface area contributed by atoms with Gasteiger partial charge >= 0.3 is 6.09 Å². The molecular formula is C21H18N2O5. The highest BCUT2D eigenvalue weighted by molar-refractivity contribution is 6.21. The SMILES string of the molecule is O=C(O)N(Cc1ccccc1)O[C@@H]1CC=C[C@@H]1N1C(=O)c2ccccc2C1=O. The highest BCUT2D eigenvalue weighted by Gasteiger charge is 2.44. The molecule has 0 aromatic heterocycles. The van der Waals surface area contributed by atoms with Crippen LogP contribution in [0.1, 0.15) is 32.7 Å². The second-order valence-corrected chi connectivity index (χ2v) is 6.63. The predicted molar refractivity (Wildman–Crippen MR) is 99.4 cm³/mol. The lowest BCUT2D eigenvalue weighted by Crippen LogP contribution is -2.47. The number of hydroxylamine groups is 2. The molecule has 2 aromatic carbocycles. The summed E-state index contributed by atoms with van der Waals surface area (Å²) in [4.78, 5) is 44.0. The van der Waals surface area contributed by atoms with E-state index in [1.165, 1.54) is 0 Å². The van der Waals surface area contributed by atoms with Gasteiger partial charge in [0.05, 0.1) is 23.7 Å². The van der Waals surface area contributed by atoms with Gasteiger partial charge in [0, 0.05) is 0 Å². The van der Waals surface area contributed by atoms with Gasteiger partial charge in [-0.15, -0.1) is 0 Å². The fourth-order valence-corrected chi connectivity index (χ4v) is 3.51. The number of hydrogen-bond donors (Lipinski definition) is 1. The first kappa shape index (κ1) is 17.9. The zero-order chi connectivity index (χ0) is 19.7. The Bertz CT molecular complexity index is 921. The minimum atomic E-state index is -1.24. The summed E-state index contributed by atoms with van der Waals surface area (Å²) in [5.74, 6) is -0.786. The van der Waals surface area contributed by atoms with Gasteiger partial charge in [-0.05, 0) is 24.1 Å². The van der Waals surface area contributed by atoms with Crippen molar-refractivity contribution in [1.82, 2.24) is 9.96 Å². The summed E-state index contributed by atoms with van der Waals surface area (Å²) in [6, 6.07) is 15.0. The van der Waals surface area contributed by atoms with Gasteiger partial charge in [-0.1, -0.05) is 54.6 Å². The minimum Gasteiger partial charge on any atom is -0.463 e. The van der Waals surface area contributed by atoms with Gasteiger partial charge in [-0.25, -0.2) is 4.79 Å². The third-order valence-electron chi connectivity index (χ3n) is 4.85. The summed E-state index contributed by atoms with van der Waals surface area (Å²) >= 11 is 0. The molecular weight excluding hydrogens is 360 g/mol. The summed E-state index contributed by atoms with van der Waals surface area (Å²) in [6.07, 6.45) is 2.01. The molecule has 3 amide bonds. The van der Waals surface area contributed by atoms with Gasteiger partial charge in [0.25, 0.3) is 11.8 Å². The molecule has 0 radical (unpaired) electrons. The largest absolute Gasteiger partial charge is 0.463 e. The number of amides is 3. The smallest absolute Gasteiger partial charge is 0.431 e. The summed E-state index contributed by atoms with van der Waals surface area (Å²) in [5.41, 5.74) is 1.48. The third kappa shape index (κ3) is 3.16. The van der Waals surface area contributed by atoms with Crippen molar-refractivity contribution in [2.24, 2.45) is 0 Å². The monoisotopic (exact) mass is 378 g/mol. The Kier molecular flexibility index (Phi) is 4.67. The zero-order valence-corrected chi connectivity index (χ0v) is 14.9. The number of carbonyl (C=O) groups is 3. The number of nitrogens with zero attached hydrogens (tertiary/aromatic N) is 2. The van der Waals surface area contributed by atoms with Gasteiger partial charge in [0.2, 0.25) is 0 Å². The van der Waals surface area contributed by atoms with Crippen molar-refractivity contribution >= 4 is 17.9 Å². The normalized spacial score (nSPS) is 20.5. The van der Waals surface area contributed by atoms with E-state index in [9.17, 15) is 19.5 Å². The van der Waals surface area contributed by atoms with Crippen LogP contribution in [0.25, 0.3) is 0 Å². The Morgan fingerprint density at radius 1 is 1.04 bits per heavy atom. The van der Waals surface area contributed by atoms with E-state index in [4.69, 9.17) is 4.84 Å². The Balaban J connectivity index is 1.53. The van der Waals surface area contributed by atoms with Gasteiger partial charge in [0.15, 0.2) is 0 Å². The molecule has 2 aliphatic rings. The topological polar surface area (TPSA) is 87.2 Å². The van der Waals surface area contributed by atoms with E-state index in [2.05, 4.69) is 0 Å². The lowest BCUT2D eigenvalue weighted by atomic mass is 10.1. The van der Waals surface area contributed by atoms with Gasteiger partial charge in [-0.2, -0.15) is 5.06 Å². The van der Waals surface area contributed by atoms with Crippen molar-refractivity contribution in [2.45, 2.75) is 25.1 Å². The molecule has 142 valence electrons. The van der Waals surface area contributed by atoms with Crippen molar-refractivity contribution in [3.05, 3.63) is 83.4 Å². The van der Waals surface area contributed by atoms with Crippen LogP contribution in [0.15, 0.2) is 66.7 Å². The van der Waals surface area contributed by atoms with Gasteiger partial charge in [-0.3, -0.25) is 19.3 Å². The predicted octanol–water partition coefficient (Wildman–Crippen LogP) is 3.09. The van der Waals surface area contributed by atoms with E-state index < -0.39 is 30.1 Å². The van der Waals surface area contributed by atoms with Crippen LogP contribution in [0.3, 0.4) is 0 Å². The molecule has 1 heterocycles. The van der Waals surface area contributed by atoms with E-state index in [1.807, 2.05) is 18.2 Å². The standard InChI is InChI=1S/C21H18N2O5/c24-19-15-9-4-5-10-16(15)20(25)23(19)17-11-6-12-18(17)28-22(21(26)27)13-14-7-2-1-3-8-14/h1-11,17-18H,12-13H2,(H,26,27)/t17-,18+/m0/s1. The van der Waals surface area contributed by atoms with Crippen molar-refractivity contribution in [2.75, 3.05) is 0 Å². The summed E-state index contributed by atoms with van der Waals surface area (Å²) in [6.45, 7) is 0.0432. The maximum atomic E-state index is 12.7. The highest BCUT2D eigenvalue weighted by atomic mass is 16.7. The second kappa shape index (κ2) is 7.28. The number of carbonyl (C=O) groups excluding carboxylic acids is 2. The number of hydrogen-bond acceptors (Lipinski definition) is 4. The fourth-order valence-electron chi connectivity index (χ4n) is 3.51. The van der Waals surface area contributed by atoms with Crippen LogP contribution < -0.4 is 0 Å². The number of carboxylic acid groups (broad SMARTS) is 1. The summed E-state index contributed by atoms with van der Waals surface area (Å²) in [7, 11) is 0. The molecule has 0 bridgehead atoms. The van der Waals surface area contributed by atoms with Crippen molar-refractivity contribution < 1.29 is 24.3 Å². The number of benzene rings is 2. The van der Waals surface area contributed by atoms with E-state index in [0.29, 0.717) is 17.5 Å². The molecule has 1 aliphatic heterocycles. The first-order valence-corrected chi connectivity index (χ1v) is 8.91. The van der Waals surface area contributed by atoms with Crippen molar-refractivity contribution in [1.29, 1.82) is 0 Å². The molecule has 7 heteroatoms. The Morgan fingerprint density at radius 2 is 1.64 bits per heavy atom. The van der Waals surface area contributed by atoms with E-state index >= 15 is 0 Å². The summed E-state index contributed by atoms with van der Waals surface area (Å²) < 4.78 is 0. The molecule has 28 heavy (non-hydrogen) atoms. The first-order chi connectivity index (χ1) is 13.6. The third-order valence-corrected chi connectivity index (χ3v) is 4.85. The highest BCUT2D eigenvalue weighted by Crippen LogP contribution is 2.30. The zero-order valence-electron chi connectivity index (χ0n) is 14.9. The molecule has 0 saturated carbocycles. The minimum absolute atomic E-state index is 0.0432. The molecule has 0 saturated heterocycles. The van der Waals surface area contributed by atoms with Crippen LogP contribution in [0.2, 0.25) is 0 Å². The Morgan fingerprint density at radius 3 is 2.25 bits per heavy atom. The molecule has 0 unspecified atom stereocenters. The van der Waals surface area contributed by atoms with Crippen LogP contribution in [0.4, 0.5) is 4.79 Å². The molecule has 4 rings (SSSR count). The number of rotatable bonds is 5. The lowest BCUT2D eigenvalue weighted by molar-refractivity contribution is -0.182. The lowest BCUT2D eigenvalue weighted by Gasteiger charge is -2.30. The summed E-state index contributed by atoms with van der Waals surface area (Å²) in [5, 5.41) is 10.4. The maximum absolute atomic E-state index is 12.7. The van der Waals surface area contributed by atoms with Crippen molar-refractivity contribution in [3.63, 3.8) is 0 Å². The quantitative estimate of drug-likeness (QED) is 0.491. The molecule has 2 aromatic rings. The fraction of sp³-hybridized carbons (Fsp3) is 0.190. The van der Waals surface area contributed by atoms with Crippen LogP contribution in [-0.2, 0) is 11.4 Å². The molecule has 2 atom stereocenters. The Labute approximate surface area is 161 Å². The second-order valence-electron chi connectivity index (χ2n) is 6.63. The maximum Gasteiger partial charge on any atom is 0.431 e. The molecule has 0 fully saturated rings. The first-order valence-electron chi connectivity index (χ1n) is 8.91. The van der Waals surface area contributed by atoms with Crippen LogP contribution >= 0.6 is 0 Å². The molecule has 1 aliphatic carbocycles. The van der Waals surface area contributed by atoms with E-state index in [1.54, 1.807) is 48.6 Å². The average Bonchev–Trinajstić information content (AvgIpc) is 3.25. The van der Waals surface area contributed by atoms with Crippen LogP contribution in [-0.4, -0.2) is 45.1 Å². The average molecular weight is 378 g/mol. The van der Waals surface area contributed by atoms with Crippen LogP contribution in [0, 0.1) is 0 Å². The molecule has 0 spiro atoms. The van der Waals surface area contributed by atoms with Crippen molar-refractivity contribution in [3.8, 4) is 0 Å². The van der Waals surface area contributed by atoms with Crippen LogP contribution in [0.5, 0.6) is 0 Å². The molecule has 1 N–H and O–H groups in total. The Hall–Kier alpha value is -3.45. The van der Waals surface area contributed by atoms with E-state index in [0.717, 1.165) is 15.5 Å². The van der Waals surface area contributed by atoms with Gasteiger partial charge in [0.1, 0.15) is 6.10 Å².